The van der Waals surface area contributed by atoms with Gasteiger partial charge in [0.25, 0.3) is 0 Å². The minimum atomic E-state index is 0.263. The van der Waals surface area contributed by atoms with Gasteiger partial charge < -0.3 is 9.73 Å². The first-order valence-corrected chi connectivity index (χ1v) is 7.52. The molecule has 1 aliphatic rings. The van der Waals surface area contributed by atoms with E-state index in [4.69, 9.17) is 9.52 Å². The summed E-state index contributed by atoms with van der Waals surface area (Å²) in [6, 6.07) is 5.12. The van der Waals surface area contributed by atoms with Crippen LogP contribution in [0.2, 0.25) is 0 Å². The van der Waals surface area contributed by atoms with Gasteiger partial charge in [0.2, 0.25) is 0 Å². The molecule has 0 saturated heterocycles. The molecular weight excluding hydrogens is 250 g/mol. The predicted molar refractivity (Wildman–Crippen MR) is 78.7 cm³/mol. The van der Waals surface area contributed by atoms with Crippen LogP contribution < -0.4 is 5.32 Å². The van der Waals surface area contributed by atoms with Crippen molar-refractivity contribution >= 4 is 0 Å². The fraction of sp³-hybridized carbons (Fsp3) is 0.562. The second kappa shape index (κ2) is 5.83. The van der Waals surface area contributed by atoms with Gasteiger partial charge in [-0.3, -0.25) is 4.68 Å². The van der Waals surface area contributed by atoms with Crippen molar-refractivity contribution in [2.24, 2.45) is 0 Å². The van der Waals surface area contributed by atoms with Gasteiger partial charge in [-0.05, 0) is 38.9 Å². The monoisotopic (exact) mass is 273 g/mol. The number of rotatable bonds is 5. The van der Waals surface area contributed by atoms with Crippen molar-refractivity contribution in [2.75, 3.05) is 7.05 Å². The van der Waals surface area contributed by atoms with Crippen molar-refractivity contribution in [1.29, 1.82) is 0 Å². The minimum absolute atomic E-state index is 0.263. The molecule has 1 unspecified atom stereocenters. The average Bonchev–Trinajstić information content (AvgIpc) is 3.16. The van der Waals surface area contributed by atoms with E-state index < -0.39 is 0 Å². The van der Waals surface area contributed by atoms with Crippen LogP contribution in [0, 0.1) is 6.92 Å². The molecule has 2 heterocycles. The highest BCUT2D eigenvalue weighted by Gasteiger charge is 2.19. The summed E-state index contributed by atoms with van der Waals surface area (Å²) in [5.41, 5.74) is 2.34. The van der Waals surface area contributed by atoms with Gasteiger partial charge in [-0.1, -0.05) is 12.8 Å². The van der Waals surface area contributed by atoms with Crippen molar-refractivity contribution in [1.82, 2.24) is 15.1 Å². The normalized spacial score (nSPS) is 17.7. The van der Waals surface area contributed by atoms with Gasteiger partial charge in [0.05, 0.1) is 18.0 Å². The number of nitrogens with zero attached hydrogens (tertiary/aromatic N) is 2. The van der Waals surface area contributed by atoms with Crippen LogP contribution in [0.4, 0.5) is 0 Å². The topological polar surface area (TPSA) is 43.0 Å². The van der Waals surface area contributed by atoms with Gasteiger partial charge in [-0.15, -0.1) is 0 Å². The van der Waals surface area contributed by atoms with Crippen molar-refractivity contribution in [3.63, 3.8) is 0 Å². The van der Waals surface area contributed by atoms with E-state index in [0.717, 1.165) is 17.9 Å². The zero-order valence-corrected chi connectivity index (χ0v) is 12.3. The van der Waals surface area contributed by atoms with Crippen LogP contribution in [0.25, 0.3) is 0 Å². The molecule has 0 radical (unpaired) electrons. The average molecular weight is 273 g/mol. The highest BCUT2D eigenvalue weighted by Crippen LogP contribution is 2.29. The van der Waals surface area contributed by atoms with Crippen molar-refractivity contribution in [3.8, 4) is 0 Å². The summed E-state index contributed by atoms with van der Waals surface area (Å²) >= 11 is 0. The number of furan rings is 1. The molecule has 1 fully saturated rings. The van der Waals surface area contributed by atoms with Crippen LogP contribution in [0.3, 0.4) is 0 Å². The summed E-state index contributed by atoms with van der Waals surface area (Å²) in [4.78, 5) is 0. The summed E-state index contributed by atoms with van der Waals surface area (Å²) in [5.74, 6) is 0.955. The highest BCUT2D eigenvalue weighted by atomic mass is 16.3. The molecule has 0 amide bonds. The third kappa shape index (κ3) is 2.80. The van der Waals surface area contributed by atoms with Crippen LogP contribution in [-0.4, -0.2) is 16.8 Å². The zero-order chi connectivity index (χ0) is 13.9. The van der Waals surface area contributed by atoms with Crippen molar-refractivity contribution in [3.05, 3.63) is 41.6 Å². The maximum absolute atomic E-state index is 5.41. The van der Waals surface area contributed by atoms with Gasteiger partial charge in [-0.2, -0.15) is 5.10 Å². The predicted octanol–water partition coefficient (Wildman–Crippen LogP) is 3.40. The second-order valence-corrected chi connectivity index (χ2v) is 5.76. The lowest BCUT2D eigenvalue weighted by atomic mass is 10.1. The number of nitrogens with one attached hydrogen (secondary N) is 1. The first-order chi connectivity index (χ1) is 9.76. The van der Waals surface area contributed by atoms with E-state index in [1.54, 1.807) is 0 Å². The molecule has 0 spiro atoms. The minimum Gasteiger partial charge on any atom is -0.469 e. The molecule has 0 aromatic carbocycles. The molecule has 108 valence electrons. The highest BCUT2D eigenvalue weighted by molar-refractivity contribution is 5.18. The van der Waals surface area contributed by atoms with E-state index in [-0.39, 0.29) is 6.04 Å². The Morgan fingerprint density at radius 1 is 1.45 bits per heavy atom. The Morgan fingerprint density at radius 3 is 2.90 bits per heavy atom. The van der Waals surface area contributed by atoms with Crippen LogP contribution in [0.15, 0.2) is 29.0 Å². The third-order valence-corrected chi connectivity index (χ3v) is 4.28. The van der Waals surface area contributed by atoms with Crippen LogP contribution in [-0.2, 0) is 6.42 Å². The standard InChI is InChI=1S/C16H23N3O/c1-12-9-13(11-20-12)16(17-2)10-14-7-8-19(18-14)15-5-3-4-6-15/h7-9,11,15-17H,3-6,10H2,1-2H3. The van der Waals surface area contributed by atoms with Gasteiger partial charge in [0.15, 0.2) is 0 Å². The molecule has 1 N–H and O–H groups in total. The fourth-order valence-electron chi connectivity index (χ4n) is 3.10. The first-order valence-electron chi connectivity index (χ1n) is 7.52. The number of hydrogen-bond donors (Lipinski definition) is 1. The molecule has 4 heteroatoms. The van der Waals surface area contributed by atoms with E-state index in [1.165, 1.54) is 31.2 Å². The van der Waals surface area contributed by atoms with Crippen LogP contribution in [0.1, 0.15) is 54.8 Å². The van der Waals surface area contributed by atoms with E-state index in [1.807, 2.05) is 20.2 Å². The van der Waals surface area contributed by atoms with Crippen molar-refractivity contribution < 1.29 is 4.42 Å². The Morgan fingerprint density at radius 2 is 2.25 bits per heavy atom. The Bertz CT molecular complexity index is 552. The number of aromatic nitrogens is 2. The smallest absolute Gasteiger partial charge is 0.101 e. The number of likely N-dealkylation sites (N-methyl/N-ethyl adjacent to an activating group) is 1. The maximum atomic E-state index is 5.41. The fourth-order valence-corrected chi connectivity index (χ4v) is 3.10. The lowest BCUT2D eigenvalue weighted by molar-refractivity contribution is 0.458. The van der Waals surface area contributed by atoms with Gasteiger partial charge in [-0.25, -0.2) is 0 Å². The zero-order valence-electron chi connectivity index (χ0n) is 12.3. The quantitative estimate of drug-likeness (QED) is 0.908. The molecule has 2 aromatic rings. The molecule has 1 aliphatic carbocycles. The summed E-state index contributed by atoms with van der Waals surface area (Å²) < 4.78 is 7.57. The summed E-state index contributed by atoms with van der Waals surface area (Å²) in [6.07, 6.45) is 10.1. The summed E-state index contributed by atoms with van der Waals surface area (Å²) in [7, 11) is 1.99. The lowest BCUT2D eigenvalue weighted by Gasteiger charge is -2.13. The molecule has 0 aliphatic heterocycles. The van der Waals surface area contributed by atoms with E-state index >= 15 is 0 Å². The second-order valence-electron chi connectivity index (χ2n) is 5.76. The SMILES string of the molecule is CNC(Cc1ccn(C2CCCC2)n1)c1coc(C)c1. The summed E-state index contributed by atoms with van der Waals surface area (Å²) in [6.45, 7) is 1.98. The Labute approximate surface area is 120 Å². The number of aryl methyl sites for hydroxylation is 1. The first kappa shape index (κ1) is 13.4. The third-order valence-electron chi connectivity index (χ3n) is 4.28. The molecule has 1 atom stereocenters. The molecule has 20 heavy (non-hydrogen) atoms. The van der Waals surface area contributed by atoms with Crippen LogP contribution >= 0.6 is 0 Å². The van der Waals surface area contributed by atoms with Crippen molar-refractivity contribution in [2.45, 2.75) is 51.1 Å². The van der Waals surface area contributed by atoms with E-state index in [2.05, 4.69) is 28.3 Å². The number of hydrogen-bond acceptors (Lipinski definition) is 3. The molecular formula is C16H23N3O. The molecule has 4 nitrogen and oxygen atoms in total. The Hall–Kier alpha value is -1.55. The van der Waals surface area contributed by atoms with Gasteiger partial charge >= 0.3 is 0 Å². The largest absolute Gasteiger partial charge is 0.469 e. The van der Waals surface area contributed by atoms with Gasteiger partial charge in [0, 0.05) is 24.2 Å². The molecule has 1 saturated carbocycles. The van der Waals surface area contributed by atoms with E-state index in [9.17, 15) is 0 Å². The van der Waals surface area contributed by atoms with E-state index in [0.29, 0.717) is 6.04 Å². The lowest BCUT2D eigenvalue weighted by Crippen LogP contribution is -2.18. The van der Waals surface area contributed by atoms with Gasteiger partial charge in [0.1, 0.15) is 5.76 Å². The Kier molecular flexibility index (Phi) is 3.92. The van der Waals surface area contributed by atoms with Crippen LogP contribution in [0.5, 0.6) is 0 Å². The summed E-state index contributed by atoms with van der Waals surface area (Å²) in [5, 5.41) is 8.11. The molecule has 0 bridgehead atoms. The maximum Gasteiger partial charge on any atom is 0.101 e. The molecule has 3 rings (SSSR count). The Balaban J connectivity index is 1.69. The molecule has 2 aromatic heterocycles.